The number of pyridine rings is 1. The van der Waals surface area contributed by atoms with Crippen LogP contribution in [0.2, 0.25) is 5.02 Å². The largest absolute Gasteiger partial charge is 0.387 e. The number of aliphatic hydroxyl groups excluding tert-OH is 1. The van der Waals surface area contributed by atoms with Gasteiger partial charge in [0.05, 0.1) is 16.7 Å². The highest BCUT2D eigenvalue weighted by molar-refractivity contribution is 6.33. The molecule has 0 fully saturated rings. The Bertz CT molecular complexity index is 781. The standard InChI is InChI=1S/C20H25ClFN3O2/c1-13(2)11-25(12-18(26)14-5-7-16(22)8-6-14)19-17(21)9-15(10-23-19)20(27)24(3)4/h5-10,13,18,26H,11-12H2,1-4H3. The first kappa shape index (κ1) is 21.1. The van der Waals surface area contributed by atoms with Crippen LogP contribution in [-0.4, -0.2) is 48.1 Å². The highest BCUT2D eigenvalue weighted by atomic mass is 35.5. The van der Waals surface area contributed by atoms with Gasteiger partial charge in [-0.3, -0.25) is 4.79 Å². The van der Waals surface area contributed by atoms with Crippen LogP contribution in [0.25, 0.3) is 0 Å². The summed E-state index contributed by atoms with van der Waals surface area (Å²) < 4.78 is 13.1. The number of hydrogen-bond donors (Lipinski definition) is 1. The van der Waals surface area contributed by atoms with Crippen molar-refractivity contribution in [3.63, 3.8) is 0 Å². The van der Waals surface area contributed by atoms with Gasteiger partial charge in [-0.25, -0.2) is 9.37 Å². The maximum Gasteiger partial charge on any atom is 0.254 e. The number of aliphatic hydroxyl groups is 1. The third-order valence-electron chi connectivity index (χ3n) is 4.01. The molecule has 2 aromatic rings. The third kappa shape index (κ3) is 5.65. The normalized spacial score (nSPS) is 12.1. The van der Waals surface area contributed by atoms with Crippen molar-refractivity contribution >= 4 is 23.3 Å². The van der Waals surface area contributed by atoms with Gasteiger partial charge in [0.15, 0.2) is 0 Å². The van der Waals surface area contributed by atoms with E-state index in [9.17, 15) is 14.3 Å². The number of aromatic nitrogens is 1. The summed E-state index contributed by atoms with van der Waals surface area (Å²) in [5, 5.41) is 10.9. The van der Waals surface area contributed by atoms with Gasteiger partial charge in [-0.2, -0.15) is 0 Å². The molecule has 1 N–H and O–H groups in total. The van der Waals surface area contributed by atoms with E-state index in [0.717, 1.165) is 0 Å². The molecule has 0 bridgehead atoms. The number of halogens is 2. The van der Waals surface area contributed by atoms with E-state index in [4.69, 9.17) is 11.6 Å². The summed E-state index contributed by atoms with van der Waals surface area (Å²) in [6, 6.07) is 7.34. The number of hydrogen-bond acceptors (Lipinski definition) is 4. The molecule has 0 aliphatic heterocycles. The fourth-order valence-electron chi connectivity index (χ4n) is 2.73. The molecule has 1 unspecified atom stereocenters. The quantitative estimate of drug-likeness (QED) is 0.777. The van der Waals surface area contributed by atoms with Crippen LogP contribution in [0.15, 0.2) is 36.5 Å². The van der Waals surface area contributed by atoms with Crippen molar-refractivity contribution in [2.75, 3.05) is 32.1 Å². The molecule has 1 aromatic carbocycles. The number of nitrogens with zero attached hydrogens (tertiary/aromatic N) is 3. The zero-order valence-electron chi connectivity index (χ0n) is 16.0. The molecule has 1 aromatic heterocycles. The van der Waals surface area contributed by atoms with E-state index in [2.05, 4.69) is 18.8 Å². The number of amides is 1. The first-order chi connectivity index (χ1) is 12.7. The Morgan fingerprint density at radius 1 is 1.22 bits per heavy atom. The predicted octanol–water partition coefficient (Wildman–Crippen LogP) is 3.77. The van der Waals surface area contributed by atoms with Crippen LogP contribution in [0, 0.1) is 11.7 Å². The van der Waals surface area contributed by atoms with Gasteiger partial charge in [0.25, 0.3) is 5.91 Å². The highest BCUT2D eigenvalue weighted by Crippen LogP contribution is 2.27. The lowest BCUT2D eigenvalue weighted by Crippen LogP contribution is -2.33. The van der Waals surface area contributed by atoms with Crippen LogP contribution in [0.3, 0.4) is 0 Å². The molecule has 0 aliphatic carbocycles. The Labute approximate surface area is 164 Å². The smallest absolute Gasteiger partial charge is 0.254 e. The van der Waals surface area contributed by atoms with Crippen LogP contribution in [-0.2, 0) is 0 Å². The van der Waals surface area contributed by atoms with Crippen molar-refractivity contribution in [3.8, 4) is 0 Å². The molecule has 146 valence electrons. The minimum Gasteiger partial charge on any atom is -0.387 e. The molecule has 7 heteroatoms. The second-order valence-corrected chi connectivity index (χ2v) is 7.50. The van der Waals surface area contributed by atoms with Crippen LogP contribution < -0.4 is 4.90 Å². The number of carbonyl (C=O) groups excluding carboxylic acids is 1. The van der Waals surface area contributed by atoms with Gasteiger partial charge in [0.1, 0.15) is 11.6 Å². The van der Waals surface area contributed by atoms with Crippen molar-refractivity contribution in [1.82, 2.24) is 9.88 Å². The maximum atomic E-state index is 13.1. The minimum atomic E-state index is -0.828. The third-order valence-corrected chi connectivity index (χ3v) is 4.29. The number of rotatable bonds is 7. The van der Waals surface area contributed by atoms with Gasteiger partial charge in [0.2, 0.25) is 0 Å². The molecule has 1 heterocycles. The second kappa shape index (κ2) is 9.15. The van der Waals surface area contributed by atoms with Crippen LogP contribution in [0.4, 0.5) is 10.2 Å². The van der Waals surface area contributed by atoms with Gasteiger partial charge < -0.3 is 14.9 Å². The number of benzene rings is 1. The molecule has 0 spiro atoms. The molecule has 0 saturated heterocycles. The Balaban J connectivity index is 2.27. The molecule has 0 radical (unpaired) electrons. The summed E-state index contributed by atoms with van der Waals surface area (Å²) in [6.45, 7) is 4.97. The lowest BCUT2D eigenvalue weighted by molar-refractivity contribution is 0.0827. The monoisotopic (exact) mass is 393 g/mol. The van der Waals surface area contributed by atoms with E-state index in [0.29, 0.717) is 34.4 Å². The van der Waals surface area contributed by atoms with Gasteiger partial charge in [-0.1, -0.05) is 37.6 Å². The van der Waals surface area contributed by atoms with Crippen molar-refractivity contribution < 1.29 is 14.3 Å². The first-order valence-corrected chi connectivity index (χ1v) is 9.12. The molecule has 27 heavy (non-hydrogen) atoms. The summed E-state index contributed by atoms with van der Waals surface area (Å²) in [5.74, 6) is 0.266. The van der Waals surface area contributed by atoms with E-state index in [1.165, 1.54) is 23.2 Å². The van der Waals surface area contributed by atoms with Gasteiger partial charge in [-0.05, 0) is 29.7 Å². The van der Waals surface area contributed by atoms with E-state index in [-0.39, 0.29) is 18.3 Å². The average Bonchev–Trinajstić information content (AvgIpc) is 2.60. The second-order valence-electron chi connectivity index (χ2n) is 7.10. The number of carbonyl (C=O) groups is 1. The molecule has 2 rings (SSSR count). The fourth-order valence-corrected chi connectivity index (χ4v) is 3.01. The van der Waals surface area contributed by atoms with Crippen molar-refractivity contribution in [2.45, 2.75) is 20.0 Å². The first-order valence-electron chi connectivity index (χ1n) is 8.74. The lowest BCUT2D eigenvalue weighted by atomic mass is 10.1. The van der Waals surface area contributed by atoms with E-state index < -0.39 is 6.10 Å². The molecular formula is C20H25ClFN3O2. The van der Waals surface area contributed by atoms with Crippen LogP contribution >= 0.6 is 11.6 Å². The molecule has 0 aliphatic rings. The maximum absolute atomic E-state index is 13.1. The van der Waals surface area contributed by atoms with E-state index in [1.54, 1.807) is 32.3 Å². The molecular weight excluding hydrogens is 369 g/mol. The van der Waals surface area contributed by atoms with Crippen molar-refractivity contribution in [2.24, 2.45) is 5.92 Å². The van der Waals surface area contributed by atoms with Gasteiger partial charge >= 0.3 is 0 Å². The molecule has 1 atom stereocenters. The van der Waals surface area contributed by atoms with Crippen molar-refractivity contribution in [1.29, 1.82) is 0 Å². The lowest BCUT2D eigenvalue weighted by Gasteiger charge is -2.29. The summed E-state index contributed by atoms with van der Waals surface area (Å²) in [5.41, 5.74) is 1.01. The topological polar surface area (TPSA) is 56.7 Å². The van der Waals surface area contributed by atoms with Crippen LogP contribution in [0.1, 0.15) is 35.9 Å². The van der Waals surface area contributed by atoms with E-state index in [1.807, 2.05) is 4.90 Å². The minimum absolute atomic E-state index is 0.183. The molecule has 5 nitrogen and oxygen atoms in total. The highest BCUT2D eigenvalue weighted by Gasteiger charge is 2.20. The summed E-state index contributed by atoms with van der Waals surface area (Å²) in [7, 11) is 3.32. The molecule has 0 saturated carbocycles. The zero-order chi connectivity index (χ0) is 20.1. The Hall–Kier alpha value is -2.18. The Morgan fingerprint density at radius 2 is 1.85 bits per heavy atom. The van der Waals surface area contributed by atoms with Crippen LogP contribution in [0.5, 0.6) is 0 Å². The fraction of sp³-hybridized carbons (Fsp3) is 0.400. The Kier molecular flexibility index (Phi) is 7.16. The van der Waals surface area contributed by atoms with E-state index >= 15 is 0 Å². The van der Waals surface area contributed by atoms with Gasteiger partial charge in [-0.15, -0.1) is 0 Å². The zero-order valence-corrected chi connectivity index (χ0v) is 16.7. The number of anilines is 1. The Morgan fingerprint density at radius 3 is 2.37 bits per heavy atom. The SMILES string of the molecule is CC(C)CN(CC(O)c1ccc(F)cc1)c1ncc(C(=O)N(C)C)cc1Cl. The van der Waals surface area contributed by atoms with Crippen molar-refractivity contribution in [3.05, 3.63) is 58.5 Å². The molecule has 1 amide bonds. The summed E-state index contributed by atoms with van der Waals surface area (Å²) in [4.78, 5) is 19.8. The predicted molar refractivity (Wildman–Crippen MR) is 106 cm³/mol. The summed E-state index contributed by atoms with van der Waals surface area (Å²) in [6.07, 6.45) is 0.659. The summed E-state index contributed by atoms with van der Waals surface area (Å²) >= 11 is 6.40. The van der Waals surface area contributed by atoms with Gasteiger partial charge in [0, 0.05) is 33.4 Å². The average molecular weight is 394 g/mol.